The Kier molecular flexibility index (Phi) is 6.58. The van der Waals surface area contributed by atoms with Crippen LogP contribution in [0.1, 0.15) is 6.92 Å². The number of aliphatic hydroxyl groups excluding tert-OH is 1. The van der Waals surface area contributed by atoms with Crippen molar-refractivity contribution in [3.8, 4) is 0 Å². The first kappa shape index (κ1) is 13.1. The molecule has 0 aliphatic rings. The van der Waals surface area contributed by atoms with Gasteiger partial charge in [-0.1, -0.05) is 0 Å². The van der Waals surface area contributed by atoms with Crippen LogP contribution in [-0.4, -0.2) is 40.8 Å². The second-order valence-electron chi connectivity index (χ2n) is 2.70. The molecule has 0 saturated heterocycles. The van der Waals surface area contributed by atoms with Crippen LogP contribution in [0.25, 0.3) is 0 Å². The Morgan fingerprint density at radius 2 is 2.23 bits per heavy atom. The molecule has 78 valence electrons. The van der Waals surface area contributed by atoms with Gasteiger partial charge in [0.25, 0.3) is 0 Å². The summed E-state index contributed by atoms with van der Waals surface area (Å²) >= 11 is 8.07. The second-order valence-corrected chi connectivity index (χ2v) is 3.72. The summed E-state index contributed by atoms with van der Waals surface area (Å²) in [5, 5.41) is 8.58. The third-order valence-electron chi connectivity index (χ3n) is 1.44. The summed E-state index contributed by atoms with van der Waals surface area (Å²) in [5.41, 5.74) is 5.28. The highest BCUT2D eigenvalue weighted by Crippen LogP contribution is 2.08. The van der Waals surface area contributed by atoms with E-state index in [1.165, 1.54) is 6.92 Å². The molecule has 0 rings (SSSR count). The SMILES string of the molecule is C[C@H](N)C(=O)O[C@H](CO)[C@H](S)CS. The predicted octanol–water partition coefficient (Wildman–Crippen LogP) is -0.534. The van der Waals surface area contributed by atoms with Crippen LogP contribution in [0.2, 0.25) is 0 Å². The largest absolute Gasteiger partial charge is 0.458 e. The number of hydrogen-bond donors (Lipinski definition) is 4. The Balaban J connectivity index is 4.05. The third-order valence-corrected chi connectivity index (χ3v) is 2.63. The Hall–Kier alpha value is 0.0900. The molecule has 0 heterocycles. The van der Waals surface area contributed by atoms with E-state index >= 15 is 0 Å². The molecule has 0 aromatic rings. The van der Waals surface area contributed by atoms with Crippen molar-refractivity contribution < 1.29 is 14.6 Å². The van der Waals surface area contributed by atoms with Crippen LogP contribution in [0.15, 0.2) is 0 Å². The molecule has 0 radical (unpaired) electrons. The first-order chi connectivity index (χ1) is 6.02. The predicted molar refractivity (Wildman–Crippen MR) is 57.2 cm³/mol. The fraction of sp³-hybridized carbons (Fsp3) is 0.857. The highest BCUT2D eigenvalue weighted by molar-refractivity contribution is 7.84. The van der Waals surface area contributed by atoms with Gasteiger partial charge >= 0.3 is 5.97 Å². The zero-order valence-corrected chi connectivity index (χ0v) is 9.17. The number of aliphatic hydroxyl groups is 1. The molecule has 0 aliphatic carbocycles. The molecule has 0 fully saturated rings. The van der Waals surface area contributed by atoms with Crippen LogP contribution in [-0.2, 0) is 9.53 Å². The maximum atomic E-state index is 11.0. The molecule has 0 saturated carbocycles. The van der Waals surface area contributed by atoms with E-state index in [1.807, 2.05) is 0 Å². The van der Waals surface area contributed by atoms with Gasteiger partial charge in [0.15, 0.2) is 0 Å². The summed E-state index contributed by atoms with van der Waals surface area (Å²) in [6.45, 7) is 1.25. The van der Waals surface area contributed by atoms with Crippen LogP contribution < -0.4 is 5.73 Å². The number of nitrogens with two attached hydrogens (primary N) is 1. The average Bonchev–Trinajstić information content (AvgIpc) is 2.12. The van der Waals surface area contributed by atoms with Crippen molar-refractivity contribution in [2.45, 2.75) is 24.3 Å². The molecule has 4 nitrogen and oxygen atoms in total. The van der Waals surface area contributed by atoms with Gasteiger partial charge in [-0.3, -0.25) is 4.79 Å². The zero-order valence-electron chi connectivity index (χ0n) is 7.38. The number of rotatable bonds is 5. The van der Waals surface area contributed by atoms with Crippen molar-refractivity contribution in [1.29, 1.82) is 0 Å². The summed E-state index contributed by atoms with van der Waals surface area (Å²) in [7, 11) is 0. The number of carbonyl (C=O) groups is 1. The van der Waals surface area contributed by atoms with Gasteiger partial charge in [-0.2, -0.15) is 25.3 Å². The maximum absolute atomic E-state index is 11.0. The topological polar surface area (TPSA) is 72.6 Å². The average molecular weight is 225 g/mol. The van der Waals surface area contributed by atoms with Gasteiger partial charge in [-0.25, -0.2) is 0 Å². The molecule has 3 atom stereocenters. The molecule has 0 spiro atoms. The van der Waals surface area contributed by atoms with E-state index in [4.69, 9.17) is 15.6 Å². The van der Waals surface area contributed by atoms with Crippen molar-refractivity contribution in [3.63, 3.8) is 0 Å². The van der Waals surface area contributed by atoms with E-state index in [2.05, 4.69) is 25.3 Å². The molecule has 0 aliphatic heterocycles. The molecule has 0 amide bonds. The molecule has 6 heteroatoms. The van der Waals surface area contributed by atoms with Gasteiger partial charge in [0.05, 0.1) is 6.61 Å². The lowest BCUT2D eigenvalue weighted by molar-refractivity contribution is -0.151. The normalized spacial score (nSPS) is 17.6. The van der Waals surface area contributed by atoms with Gasteiger partial charge in [0.1, 0.15) is 12.1 Å². The maximum Gasteiger partial charge on any atom is 0.323 e. The highest BCUT2D eigenvalue weighted by Gasteiger charge is 2.21. The molecule has 0 aromatic heterocycles. The third kappa shape index (κ3) is 4.75. The smallest absolute Gasteiger partial charge is 0.323 e. The van der Waals surface area contributed by atoms with Gasteiger partial charge in [-0.15, -0.1) is 0 Å². The van der Waals surface area contributed by atoms with Crippen molar-refractivity contribution in [1.82, 2.24) is 0 Å². The number of esters is 1. The van der Waals surface area contributed by atoms with Crippen molar-refractivity contribution >= 4 is 31.2 Å². The minimum absolute atomic E-state index is 0.271. The molecule has 3 N–H and O–H groups in total. The molecule has 0 bridgehead atoms. The van der Waals surface area contributed by atoms with E-state index in [-0.39, 0.29) is 11.9 Å². The first-order valence-corrected chi connectivity index (χ1v) is 5.03. The van der Waals surface area contributed by atoms with Gasteiger partial charge in [0.2, 0.25) is 0 Å². The lowest BCUT2D eigenvalue weighted by Gasteiger charge is -2.20. The van der Waals surface area contributed by atoms with E-state index < -0.39 is 18.1 Å². The summed E-state index contributed by atoms with van der Waals surface area (Å²) < 4.78 is 4.87. The molecule has 13 heavy (non-hydrogen) atoms. The molecule has 0 unspecified atom stereocenters. The van der Waals surface area contributed by atoms with Crippen LogP contribution >= 0.6 is 25.3 Å². The number of ether oxygens (including phenoxy) is 1. The van der Waals surface area contributed by atoms with E-state index in [1.54, 1.807) is 0 Å². The summed E-state index contributed by atoms with van der Waals surface area (Å²) in [6, 6.07) is -0.686. The fourth-order valence-corrected chi connectivity index (χ4v) is 1.00. The Bertz CT molecular complexity index is 166. The van der Waals surface area contributed by atoms with Gasteiger partial charge in [0, 0.05) is 11.0 Å². The lowest BCUT2D eigenvalue weighted by Crippen LogP contribution is -2.38. The summed E-state index contributed by atoms with van der Waals surface area (Å²) in [6.07, 6.45) is -0.640. The lowest BCUT2D eigenvalue weighted by atomic mass is 10.3. The summed E-state index contributed by atoms with van der Waals surface area (Å²) in [5.74, 6) is -0.125. The second kappa shape index (κ2) is 6.53. The van der Waals surface area contributed by atoms with Crippen molar-refractivity contribution in [3.05, 3.63) is 0 Å². The standard InChI is InChI=1S/C7H15NO3S2/c1-4(8)7(10)11-5(2-9)6(13)3-12/h4-6,9,12-13H,2-3,8H2,1H3/t4-,5+,6+/m0/s1. The molecule has 0 aromatic carbocycles. The van der Waals surface area contributed by atoms with Crippen molar-refractivity contribution in [2.24, 2.45) is 5.73 Å². The molecular weight excluding hydrogens is 210 g/mol. The minimum Gasteiger partial charge on any atom is -0.458 e. The first-order valence-electron chi connectivity index (χ1n) is 3.88. The van der Waals surface area contributed by atoms with Crippen LogP contribution in [0, 0.1) is 0 Å². The summed E-state index contributed by atoms with van der Waals surface area (Å²) in [4.78, 5) is 11.0. The monoisotopic (exact) mass is 225 g/mol. The van der Waals surface area contributed by atoms with Gasteiger partial charge < -0.3 is 15.6 Å². The van der Waals surface area contributed by atoms with Crippen LogP contribution in [0.3, 0.4) is 0 Å². The Labute approximate surface area is 88.6 Å². The zero-order chi connectivity index (χ0) is 10.4. The van der Waals surface area contributed by atoms with Gasteiger partial charge in [-0.05, 0) is 6.92 Å². The van der Waals surface area contributed by atoms with E-state index in [0.717, 1.165) is 0 Å². The van der Waals surface area contributed by atoms with Crippen LogP contribution in [0.4, 0.5) is 0 Å². The van der Waals surface area contributed by atoms with Crippen LogP contribution in [0.5, 0.6) is 0 Å². The fourth-order valence-electron chi connectivity index (χ4n) is 0.612. The Morgan fingerprint density at radius 1 is 1.69 bits per heavy atom. The Morgan fingerprint density at radius 3 is 2.54 bits per heavy atom. The van der Waals surface area contributed by atoms with Crippen molar-refractivity contribution in [2.75, 3.05) is 12.4 Å². The number of carbonyl (C=O) groups excluding carboxylic acids is 1. The minimum atomic E-state index is -0.686. The number of hydrogen-bond acceptors (Lipinski definition) is 6. The number of thiol groups is 2. The van der Waals surface area contributed by atoms with E-state index in [9.17, 15) is 4.79 Å². The highest BCUT2D eigenvalue weighted by atomic mass is 32.1. The molecular formula is C7H15NO3S2. The quantitative estimate of drug-likeness (QED) is 0.375. The van der Waals surface area contributed by atoms with E-state index in [0.29, 0.717) is 5.75 Å².